The van der Waals surface area contributed by atoms with Gasteiger partial charge in [-0.3, -0.25) is 14.6 Å². The van der Waals surface area contributed by atoms with E-state index in [0.717, 1.165) is 0 Å². The first-order valence-corrected chi connectivity index (χ1v) is 6.43. The molecule has 0 aliphatic rings. The van der Waals surface area contributed by atoms with Gasteiger partial charge in [0.15, 0.2) is 0 Å². The van der Waals surface area contributed by atoms with Crippen LogP contribution in [-0.2, 0) is 4.79 Å². The van der Waals surface area contributed by atoms with E-state index in [4.69, 9.17) is 0 Å². The Hall–Kier alpha value is -1.91. The molecule has 104 valence electrons. The van der Waals surface area contributed by atoms with E-state index in [1.165, 1.54) is 0 Å². The van der Waals surface area contributed by atoms with Crippen LogP contribution < -0.4 is 10.6 Å². The van der Waals surface area contributed by atoms with Crippen molar-refractivity contribution in [1.82, 2.24) is 15.6 Å². The minimum atomic E-state index is -0.539. The Labute approximate surface area is 113 Å². The molecular weight excluding hydrogens is 242 g/mol. The van der Waals surface area contributed by atoms with Crippen LogP contribution in [0, 0.1) is 5.92 Å². The number of nitrogens with one attached hydrogen (secondary N) is 2. The molecule has 0 aliphatic carbocycles. The average molecular weight is 263 g/mol. The van der Waals surface area contributed by atoms with E-state index in [9.17, 15) is 9.59 Å². The fourth-order valence-electron chi connectivity index (χ4n) is 1.64. The molecule has 2 amide bonds. The van der Waals surface area contributed by atoms with Crippen LogP contribution in [0.2, 0.25) is 0 Å². The van der Waals surface area contributed by atoms with Crippen molar-refractivity contribution in [2.24, 2.45) is 5.92 Å². The summed E-state index contributed by atoms with van der Waals surface area (Å²) in [7, 11) is 0. The number of amides is 2. The lowest BCUT2D eigenvalue weighted by atomic mass is 10.0. The Morgan fingerprint density at radius 1 is 1.05 bits per heavy atom. The predicted octanol–water partition coefficient (Wildman–Crippen LogP) is 1.36. The molecule has 0 fully saturated rings. The predicted molar refractivity (Wildman–Crippen MR) is 73.6 cm³/mol. The highest BCUT2D eigenvalue weighted by Gasteiger charge is 2.24. The molecule has 0 saturated carbocycles. The van der Waals surface area contributed by atoms with E-state index in [1.807, 2.05) is 27.7 Å². The van der Waals surface area contributed by atoms with Crippen molar-refractivity contribution in [3.05, 3.63) is 30.1 Å². The van der Waals surface area contributed by atoms with Crippen LogP contribution in [0.5, 0.6) is 0 Å². The zero-order chi connectivity index (χ0) is 14.4. The average Bonchev–Trinajstić information content (AvgIpc) is 2.35. The monoisotopic (exact) mass is 263 g/mol. The number of nitrogens with zero attached hydrogens (tertiary/aromatic N) is 1. The Morgan fingerprint density at radius 2 is 1.63 bits per heavy atom. The molecule has 1 atom stereocenters. The topological polar surface area (TPSA) is 71.1 Å². The maximum atomic E-state index is 12.0. The maximum absolute atomic E-state index is 12.0. The second kappa shape index (κ2) is 6.87. The third kappa shape index (κ3) is 4.69. The van der Waals surface area contributed by atoms with Gasteiger partial charge in [-0.2, -0.15) is 0 Å². The fraction of sp³-hybridized carbons (Fsp3) is 0.500. The summed E-state index contributed by atoms with van der Waals surface area (Å²) in [6.07, 6.45) is 3.10. The van der Waals surface area contributed by atoms with Gasteiger partial charge in [0, 0.05) is 24.0 Å². The number of hydrogen-bond acceptors (Lipinski definition) is 3. The van der Waals surface area contributed by atoms with Gasteiger partial charge in [0.25, 0.3) is 5.91 Å². The van der Waals surface area contributed by atoms with E-state index < -0.39 is 6.04 Å². The summed E-state index contributed by atoms with van der Waals surface area (Å²) in [4.78, 5) is 27.9. The standard InChI is InChI=1S/C14H21N3O2/c1-9(2)12(14(19)16-10(3)4)17-13(18)11-5-7-15-8-6-11/h5-10,12H,1-4H3,(H,16,19)(H,17,18). The minimum absolute atomic E-state index is 0.0181. The van der Waals surface area contributed by atoms with Gasteiger partial charge in [-0.15, -0.1) is 0 Å². The van der Waals surface area contributed by atoms with Crippen molar-refractivity contribution >= 4 is 11.8 Å². The molecular formula is C14H21N3O2. The molecule has 0 aromatic carbocycles. The van der Waals surface area contributed by atoms with E-state index >= 15 is 0 Å². The normalized spacial score (nSPS) is 12.3. The summed E-state index contributed by atoms with van der Waals surface area (Å²) in [5.41, 5.74) is 0.498. The van der Waals surface area contributed by atoms with Gasteiger partial charge in [0.05, 0.1) is 0 Å². The molecule has 0 bridgehead atoms. The SMILES string of the molecule is CC(C)NC(=O)C(NC(=O)c1ccncc1)C(C)C. The van der Waals surface area contributed by atoms with Crippen LogP contribution in [0.25, 0.3) is 0 Å². The molecule has 1 aromatic heterocycles. The molecule has 0 saturated heterocycles. The van der Waals surface area contributed by atoms with Gasteiger partial charge < -0.3 is 10.6 Å². The van der Waals surface area contributed by atoms with Crippen molar-refractivity contribution < 1.29 is 9.59 Å². The van der Waals surface area contributed by atoms with Gasteiger partial charge >= 0.3 is 0 Å². The van der Waals surface area contributed by atoms with Gasteiger partial charge in [0.1, 0.15) is 6.04 Å². The molecule has 1 heterocycles. The second-order valence-electron chi connectivity index (χ2n) is 5.09. The smallest absolute Gasteiger partial charge is 0.252 e. The quantitative estimate of drug-likeness (QED) is 0.842. The lowest BCUT2D eigenvalue weighted by Crippen LogP contribution is -2.51. The van der Waals surface area contributed by atoms with Crippen molar-refractivity contribution in [3.63, 3.8) is 0 Å². The molecule has 1 aromatic rings. The molecule has 5 nitrogen and oxygen atoms in total. The van der Waals surface area contributed by atoms with E-state index in [2.05, 4.69) is 15.6 Å². The summed E-state index contributed by atoms with van der Waals surface area (Å²) in [6.45, 7) is 7.58. The summed E-state index contributed by atoms with van der Waals surface area (Å²) in [5, 5.41) is 5.57. The lowest BCUT2D eigenvalue weighted by molar-refractivity contribution is -0.124. The van der Waals surface area contributed by atoms with Crippen LogP contribution in [0.3, 0.4) is 0 Å². The molecule has 1 unspecified atom stereocenters. The first kappa shape index (κ1) is 15.1. The highest BCUT2D eigenvalue weighted by molar-refractivity contribution is 5.97. The highest BCUT2D eigenvalue weighted by atomic mass is 16.2. The van der Waals surface area contributed by atoms with Crippen LogP contribution in [0.4, 0.5) is 0 Å². The summed E-state index contributed by atoms with van der Waals surface area (Å²) >= 11 is 0. The largest absolute Gasteiger partial charge is 0.352 e. The fourth-order valence-corrected chi connectivity index (χ4v) is 1.64. The first-order valence-electron chi connectivity index (χ1n) is 6.43. The molecule has 1 rings (SSSR count). The van der Waals surface area contributed by atoms with Crippen LogP contribution in [0.15, 0.2) is 24.5 Å². The molecule has 5 heteroatoms. The number of rotatable bonds is 5. The van der Waals surface area contributed by atoms with Crippen molar-refractivity contribution in [2.75, 3.05) is 0 Å². The maximum Gasteiger partial charge on any atom is 0.252 e. The molecule has 2 N–H and O–H groups in total. The van der Waals surface area contributed by atoms with Crippen LogP contribution >= 0.6 is 0 Å². The van der Waals surface area contributed by atoms with Crippen molar-refractivity contribution in [2.45, 2.75) is 39.8 Å². The van der Waals surface area contributed by atoms with Gasteiger partial charge in [-0.25, -0.2) is 0 Å². The molecule has 0 aliphatic heterocycles. The summed E-state index contributed by atoms with van der Waals surface area (Å²) < 4.78 is 0. The highest BCUT2D eigenvalue weighted by Crippen LogP contribution is 2.05. The Bertz CT molecular complexity index is 430. The number of carbonyl (C=O) groups is 2. The van der Waals surface area contributed by atoms with E-state index in [-0.39, 0.29) is 23.8 Å². The van der Waals surface area contributed by atoms with Gasteiger partial charge in [-0.1, -0.05) is 13.8 Å². The zero-order valence-electron chi connectivity index (χ0n) is 11.8. The molecule has 19 heavy (non-hydrogen) atoms. The second-order valence-corrected chi connectivity index (χ2v) is 5.09. The Kier molecular flexibility index (Phi) is 5.48. The van der Waals surface area contributed by atoms with E-state index in [1.54, 1.807) is 24.5 Å². The van der Waals surface area contributed by atoms with Crippen LogP contribution in [0.1, 0.15) is 38.1 Å². The van der Waals surface area contributed by atoms with Crippen molar-refractivity contribution in [3.8, 4) is 0 Å². The zero-order valence-corrected chi connectivity index (χ0v) is 11.8. The third-order valence-corrected chi connectivity index (χ3v) is 2.61. The molecule has 0 radical (unpaired) electrons. The Balaban J connectivity index is 2.74. The minimum Gasteiger partial charge on any atom is -0.352 e. The van der Waals surface area contributed by atoms with Gasteiger partial charge in [-0.05, 0) is 31.9 Å². The molecule has 0 spiro atoms. The summed E-state index contributed by atoms with van der Waals surface area (Å²) in [5.74, 6) is -0.406. The Morgan fingerprint density at radius 3 is 2.11 bits per heavy atom. The third-order valence-electron chi connectivity index (χ3n) is 2.61. The van der Waals surface area contributed by atoms with Gasteiger partial charge in [0.2, 0.25) is 5.91 Å². The number of hydrogen-bond donors (Lipinski definition) is 2. The lowest BCUT2D eigenvalue weighted by Gasteiger charge is -2.22. The number of pyridine rings is 1. The van der Waals surface area contributed by atoms with Crippen LogP contribution in [-0.4, -0.2) is 28.9 Å². The first-order chi connectivity index (χ1) is 8.91. The summed E-state index contributed by atoms with van der Waals surface area (Å²) in [6, 6.07) is 2.75. The number of carbonyl (C=O) groups excluding carboxylic acids is 2. The van der Waals surface area contributed by atoms with E-state index in [0.29, 0.717) is 5.56 Å². The van der Waals surface area contributed by atoms with Crippen molar-refractivity contribution in [1.29, 1.82) is 0 Å². The number of aromatic nitrogens is 1.